The molecular weight excluding hydrogens is 264 g/mol. The van der Waals surface area contributed by atoms with Gasteiger partial charge in [-0.25, -0.2) is 0 Å². The van der Waals surface area contributed by atoms with Crippen LogP contribution in [0.5, 0.6) is 5.75 Å². The molecule has 2 aromatic carbocycles. The molecular formula is C17H14N2O2. The summed E-state index contributed by atoms with van der Waals surface area (Å²) in [5.41, 5.74) is 7.67. The van der Waals surface area contributed by atoms with Crippen molar-refractivity contribution in [2.75, 3.05) is 7.11 Å². The second-order valence-electron chi connectivity index (χ2n) is 4.68. The van der Waals surface area contributed by atoms with E-state index in [2.05, 4.69) is 4.98 Å². The fourth-order valence-corrected chi connectivity index (χ4v) is 2.46. The summed E-state index contributed by atoms with van der Waals surface area (Å²) in [6.07, 6.45) is 3.42. The molecule has 0 radical (unpaired) electrons. The molecule has 0 saturated carbocycles. The van der Waals surface area contributed by atoms with Crippen molar-refractivity contribution in [2.45, 2.75) is 0 Å². The number of aromatic nitrogens is 1. The van der Waals surface area contributed by atoms with Crippen molar-refractivity contribution < 1.29 is 9.53 Å². The average molecular weight is 278 g/mol. The average Bonchev–Trinajstić information content (AvgIpc) is 2.53. The fraction of sp³-hybridized carbons (Fsp3) is 0.0588. The van der Waals surface area contributed by atoms with E-state index >= 15 is 0 Å². The maximum Gasteiger partial charge on any atom is 0.249 e. The van der Waals surface area contributed by atoms with E-state index in [0.717, 1.165) is 27.6 Å². The number of methoxy groups -OCH3 is 1. The van der Waals surface area contributed by atoms with Crippen LogP contribution >= 0.6 is 0 Å². The molecule has 0 atom stereocenters. The van der Waals surface area contributed by atoms with Gasteiger partial charge in [0.05, 0.1) is 7.11 Å². The van der Waals surface area contributed by atoms with Gasteiger partial charge in [-0.1, -0.05) is 18.2 Å². The van der Waals surface area contributed by atoms with E-state index < -0.39 is 5.91 Å². The minimum absolute atomic E-state index is 0.452. The van der Waals surface area contributed by atoms with Gasteiger partial charge in [0.2, 0.25) is 5.91 Å². The van der Waals surface area contributed by atoms with E-state index in [1.54, 1.807) is 25.6 Å². The zero-order valence-corrected chi connectivity index (χ0v) is 11.5. The number of carbonyl (C=O) groups excluding carboxylic acids is 1. The summed E-state index contributed by atoms with van der Waals surface area (Å²) in [5.74, 6) is 0.318. The molecule has 0 unspecified atom stereocenters. The standard InChI is InChI=1S/C17H14N2O2/c1-21-13-5-7-14-11(9-13)4-6-15(17(18)20)16(14)12-3-2-8-19-10-12/h2-10H,1H3,(H2,18,20). The molecule has 1 amide bonds. The maximum atomic E-state index is 11.7. The predicted octanol–water partition coefficient (Wildman–Crippen LogP) is 3.01. The van der Waals surface area contributed by atoms with Gasteiger partial charge in [0, 0.05) is 29.1 Å². The highest BCUT2D eigenvalue weighted by Gasteiger charge is 2.14. The Morgan fingerprint density at radius 3 is 2.71 bits per heavy atom. The van der Waals surface area contributed by atoms with Crippen LogP contribution in [0.15, 0.2) is 54.9 Å². The molecule has 21 heavy (non-hydrogen) atoms. The molecule has 0 spiro atoms. The molecule has 0 aliphatic rings. The minimum Gasteiger partial charge on any atom is -0.497 e. The molecule has 4 heteroatoms. The molecule has 0 aliphatic carbocycles. The SMILES string of the molecule is COc1ccc2c(-c3cccnc3)c(C(N)=O)ccc2c1. The number of ether oxygens (including phenoxy) is 1. The van der Waals surface area contributed by atoms with E-state index in [1.807, 2.05) is 36.4 Å². The van der Waals surface area contributed by atoms with Gasteiger partial charge in [-0.05, 0) is 35.0 Å². The molecule has 0 bridgehead atoms. The first-order valence-electron chi connectivity index (χ1n) is 6.51. The van der Waals surface area contributed by atoms with E-state index in [9.17, 15) is 4.79 Å². The van der Waals surface area contributed by atoms with Crippen LogP contribution in [-0.4, -0.2) is 18.0 Å². The zero-order chi connectivity index (χ0) is 14.8. The van der Waals surface area contributed by atoms with E-state index in [1.165, 1.54) is 0 Å². The highest BCUT2D eigenvalue weighted by Crippen LogP contribution is 2.33. The lowest BCUT2D eigenvalue weighted by atomic mass is 9.94. The molecule has 0 aliphatic heterocycles. The van der Waals surface area contributed by atoms with Crippen LogP contribution in [-0.2, 0) is 0 Å². The second-order valence-corrected chi connectivity index (χ2v) is 4.68. The van der Waals surface area contributed by atoms with Crippen LogP contribution in [0.4, 0.5) is 0 Å². The number of carbonyl (C=O) groups is 1. The summed E-state index contributed by atoms with van der Waals surface area (Å²) in [5, 5.41) is 1.93. The van der Waals surface area contributed by atoms with Crippen LogP contribution in [0.25, 0.3) is 21.9 Å². The Hall–Kier alpha value is -2.88. The van der Waals surface area contributed by atoms with Gasteiger partial charge in [0.15, 0.2) is 0 Å². The van der Waals surface area contributed by atoms with Crippen molar-refractivity contribution in [1.82, 2.24) is 4.98 Å². The zero-order valence-electron chi connectivity index (χ0n) is 11.5. The van der Waals surface area contributed by atoms with Crippen molar-refractivity contribution in [3.8, 4) is 16.9 Å². The Morgan fingerprint density at radius 1 is 1.19 bits per heavy atom. The lowest BCUT2D eigenvalue weighted by molar-refractivity contribution is 0.100. The molecule has 3 rings (SSSR count). The highest BCUT2D eigenvalue weighted by atomic mass is 16.5. The molecule has 0 fully saturated rings. The summed E-state index contributed by atoms with van der Waals surface area (Å²) >= 11 is 0. The molecule has 4 nitrogen and oxygen atoms in total. The van der Waals surface area contributed by atoms with E-state index in [0.29, 0.717) is 5.56 Å². The van der Waals surface area contributed by atoms with E-state index in [-0.39, 0.29) is 0 Å². The topological polar surface area (TPSA) is 65.2 Å². The number of amides is 1. The Bertz CT molecular complexity index is 814. The normalized spacial score (nSPS) is 10.5. The second kappa shape index (κ2) is 5.25. The summed E-state index contributed by atoms with van der Waals surface area (Å²) in [4.78, 5) is 15.9. The van der Waals surface area contributed by atoms with Crippen LogP contribution in [0.3, 0.4) is 0 Å². The molecule has 2 N–H and O–H groups in total. The predicted molar refractivity (Wildman–Crippen MR) is 82.2 cm³/mol. The van der Waals surface area contributed by atoms with Crippen molar-refractivity contribution in [3.05, 3.63) is 60.4 Å². The van der Waals surface area contributed by atoms with Gasteiger partial charge in [-0.3, -0.25) is 9.78 Å². The van der Waals surface area contributed by atoms with Gasteiger partial charge in [0.1, 0.15) is 5.75 Å². The third-order valence-corrected chi connectivity index (χ3v) is 3.44. The largest absolute Gasteiger partial charge is 0.497 e. The molecule has 1 heterocycles. The first-order valence-corrected chi connectivity index (χ1v) is 6.51. The Balaban J connectivity index is 2.37. The number of nitrogens with zero attached hydrogens (tertiary/aromatic N) is 1. The molecule has 104 valence electrons. The Morgan fingerprint density at radius 2 is 2.05 bits per heavy atom. The van der Waals surface area contributed by atoms with Gasteiger partial charge in [0.25, 0.3) is 0 Å². The lowest BCUT2D eigenvalue weighted by Gasteiger charge is -2.12. The quantitative estimate of drug-likeness (QED) is 0.801. The van der Waals surface area contributed by atoms with Crippen molar-refractivity contribution in [1.29, 1.82) is 0 Å². The minimum atomic E-state index is -0.452. The number of fused-ring (bicyclic) bond motifs is 1. The fourth-order valence-electron chi connectivity index (χ4n) is 2.46. The number of rotatable bonds is 3. The monoisotopic (exact) mass is 278 g/mol. The smallest absolute Gasteiger partial charge is 0.249 e. The molecule has 0 saturated heterocycles. The summed E-state index contributed by atoms with van der Waals surface area (Å²) in [7, 11) is 1.63. The van der Waals surface area contributed by atoms with Crippen LogP contribution in [0.1, 0.15) is 10.4 Å². The number of pyridine rings is 1. The molecule has 3 aromatic rings. The summed E-state index contributed by atoms with van der Waals surface area (Å²) in [6.45, 7) is 0. The Labute approximate surface area is 122 Å². The number of primary amides is 1. The number of hydrogen-bond acceptors (Lipinski definition) is 3. The van der Waals surface area contributed by atoms with Gasteiger partial charge >= 0.3 is 0 Å². The van der Waals surface area contributed by atoms with Gasteiger partial charge in [-0.15, -0.1) is 0 Å². The third-order valence-electron chi connectivity index (χ3n) is 3.44. The van der Waals surface area contributed by atoms with Crippen molar-refractivity contribution in [3.63, 3.8) is 0 Å². The Kier molecular flexibility index (Phi) is 3.28. The van der Waals surface area contributed by atoms with Gasteiger partial charge in [-0.2, -0.15) is 0 Å². The number of benzene rings is 2. The van der Waals surface area contributed by atoms with Crippen molar-refractivity contribution >= 4 is 16.7 Å². The lowest BCUT2D eigenvalue weighted by Crippen LogP contribution is -2.12. The third kappa shape index (κ3) is 2.31. The van der Waals surface area contributed by atoms with Crippen LogP contribution in [0.2, 0.25) is 0 Å². The molecule has 1 aromatic heterocycles. The first-order chi connectivity index (χ1) is 10.2. The summed E-state index contributed by atoms with van der Waals surface area (Å²) < 4.78 is 5.24. The van der Waals surface area contributed by atoms with Crippen molar-refractivity contribution in [2.24, 2.45) is 5.73 Å². The number of nitrogens with two attached hydrogens (primary N) is 1. The van der Waals surface area contributed by atoms with Crippen LogP contribution in [0, 0.1) is 0 Å². The van der Waals surface area contributed by atoms with E-state index in [4.69, 9.17) is 10.5 Å². The van der Waals surface area contributed by atoms with Gasteiger partial charge < -0.3 is 10.5 Å². The number of hydrogen-bond donors (Lipinski definition) is 1. The summed E-state index contributed by atoms with van der Waals surface area (Å²) in [6, 6.07) is 13.1. The maximum absolute atomic E-state index is 11.7. The van der Waals surface area contributed by atoms with Crippen LogP contribution < -0.4 is 10.5 Å². The highest BCUT2D eigenvalue weighted by molar-refractivity contribution is 6.09. The first kappa shape index (κ1) is 13.1.